The molecule has 0 bridgehead atoms. The van der Waals surface area contributed by atoms with Crippen molar-refractivity contribution in [2.24, 2.45) is 0 Å². The number of allylic oxidation sites excluding steroid dienone is 5. The topological polar surface area (TPSA) is 69.6 Å². The summed E-state index contributed by atoms with van der Waals surface area (Å²) in [6, 6.07) is -0.637. The highest BCUT2D eigenvalue weighted by molar-refractivity contribution is 5.76. The predicted molar refractivity (Wildman–Crippen MR) is 156 cm³/mol. The summed E-state index contributed by atoms with van der Waals surface area (Å²) in [6.07, 6.45) is 36.4. The molecule has 2 atom stereocenters. The maximum atomic E-state index is 11.6. The van der Waals surface area contributed by atoms with E-state index in [1.165, 1.54) is 89.9 Å². The first-order valence-electron chi connectivity index (χ1n) is 15.2. The molecular formula is C32H59NO3. The zero-order valence-electron chi connectivity index (χ0n) is 23.8. The Balaban J connectivity index is 3.52. The predicted octanol–water partition coefficient (Wildman–Crippen LogP) is 8.33. The molecule has 0 spiro atoms. The molecule has 0 saturated heterocycles. The van der Waals surface area contributed by atoms with Crippen LogP contribution in [0.5, 0.6) is 0 Å². The van der Waals surface area contributed by atoms with Gasteiger partial charge in [0.25, 0.3) is 0 Å². The van der Waals surface area contributed by atoms with Crippen LogP contribution < -0.4 is 5.32 Å². The van der Waals surface area contributed by atoms with E-state index in [0.29, 0.717) is 6.42 Å². The van der Waals surface area contributed by atoms with Gasteiger partial charge in [-0.15, -0.1) is 0 Å². The Morgan fingerprint density at radius 3 is 1.56 bits per heavy atom. The van der Waals surface area contributed by atoms with Crippen LogP contribution in [-0.4, -0.2) is 34.9 Å². The van der Waals surface area contributed by atoms with Crippen molar-refractivity contribution in [3.8, 4) is 0 Å². The summed E-state index contributed by atoms with van der Waals surface area (Å²) in [5.74, 6) is -0.134. The Morgan fingerprint density at radius 1 is 0.639 bits per heavy atom. The summed E-state index contributed by atoms with van der Waals surface area (Å²) in [5.41, 5.74) is 0. The molecule has 1 amide bonds. The fraction of sp³-hybridized carbons (Fsp3) is 0.781. The molecule has 36 heavy (non-hydrogen) atoms. The normalized spacial score (nSPS) is 13.8. The summed E-state index contributed by atoms with van der Waals surface area (Å²) in [6.45, 7) is 3.94. The second-order valence-corrected chi connectivity index (χ2v) is 10.2. The Kier molecular flexibility index (Phi) is 27.1. The van der Waals surface area contributed by atoms with E-state index in [1.54, 1.807) is 6.08 Å². The molecule has 0 heterocycles. The quantitative estimate of drug-likeness (QED) is 0.0817. The minimum absolute atomic E-state index is 0.134. The standard InChI is InChI=1S/C32H59NO3/c1-3-5-6-7-8-9-10-11-12-13-14-15-16-17-18-19-20-21-22-23-24-25-26-28-31(35)30(29-34)33-32(36)27-4-2/h18-19,22-23,26,28,30-31,34-35H,3-17,20-21,24-25,27,29H2,1-2H3,(H,33,36)/b19-18+,23-22+,28-26+. The van der Waals surface area contributed by atoms with E-state index in [0.717, 1.165) is 32.1 Å². The lowest BCUT2D eigenvalue weighted by atomic mass is 10.0. The number of nitrogens with one attached hydrogen (secondary N) is 1. The number of hydrogen-bond acceptors (Lipinski definition) is 3. The average Bonchev–Trinajstić information content (AvgIpc) is 2.87. The average molecular weight is 506 g/mol. The van der Waals surface area contributed by atoms with Gasteiger partial charge in [-0.25, -0.2) is 0 Å². The van der Waals surface area contributed by atoms with Crippen molar-refractivity contribution in [2.75, 3.05) is 6.61 Å². The van der Waals surface area contributed by atoms with Crippen LogP contribution in [0.4, 0.5) is 0 Å². The molecule has 210 valence electrons. The second-order valence-electron chi connectivity index (χ2n) is 10.2. The number of unbranched alkanes of at least 4 members (excludes halogenated alkanes) is 15. The molecule has 0 aromatic rings. The van der Waals surface area contributed by atoms with Gasteiger partial charge in [0.2, 0.25) is 5.91 Å². The van der Waals surface area contributed by atoms with Gasteiger partial charge in [0.1, 0.15) is 0 Å². The third-order valence-electron chi connectivity index (χ3n) is 6.57. The molecule has 0 fully saturated rings. The molecule has 4 nitrogen and oxygen atoms in total. The van der Waals surface area contributed by atoms with Crippen molar-refractivity contribution in [3.05, 3.63) is 36.5 Å². The monoisotopic (exact) mass is 505 g/mol. The minimum Gasteiger partial charge on any atom is -0.394 e. The number of carbonyl (C=O) groups is 1. The third kappa shape index (κ3) is 24.3. The van der Waals surface area contributed by atoms with Crippen LogP contribution in [-0.2, 0) is 4.79 Å². The molecule has 0 aromatic heterocycles. The Labute approximate surface area is 223 Å². The number of amides is 1. The van der Waals surface area contributed by atoms with Crippen molar-refractivity contribution in [1.82, 2.24) is 5.32 Å². The lowest BCUT2D eigenvalue weighted by Crippen LogP contribution is -2.45. The number of rotatable bonds is 26. The molecule has 0 saturated carbocycles. The summed E-state index contributed by atoms with van der Waals surface area (Å²) < 4.78 is 0. The van der Waals surface area contributed by atoms with Crippen LogP contribution in [0.2, 0.25) is 0 Å². The van der Waals surface area contributed by atoms with Gasteiger partial charge in [0, 0.05) is 6.42 Å². The molecule has 0 rings (SSSR count). The zero-order valence-corrected chi connectivity index (χ0v) is 23.8. The highest BCUT2D eigenvalue weighted by atomic mass is 16.3. The van der Waals surface area contributed by atoms with Gasteiger partial charge in [0.15, 0.2) is 0 Å². The van der Waals surface area contributed by atoms with Crippen LogP contribution in [0.3, 0.4) is 0 Å². The summed E-state index contributed by atoms with van der Waals surface area (Å²) in [5, 5.41) is 22.2. The molecular weight excluding hydrogens is 446 g/mol. The van der Waals surface area contributed by atoms with Gasteiger partial charge < -0.3 is 15.5 Å². The lowest BCUT2D eigenvalue weighted by molar-refractivity contribution is -0.122. The molecule has 4 heteroatoms. The van der Waals surface area contributed by atoms with Gasteiger partial charge in [-0.2, -0.15) is 0 Å². The molecule has 3 N–H and O–H groups in total. The zero-order chi connectivity index (χ0) is 26.5. The first-order valence-corrected chi connectivity index (χ1v) is 15.2. The van der Waals surface area contributed by atoms with Gasteiger partial charge in [0.05, 0.1) is 18.8 Å². The molecule has 0 aliphatic rings. The van der Waals surface area contributed by atoms with Gasteiger partial charge >= 0.3 is 0 Å². The van der Waals surface area contributed by atoms with Crippen molar-refractivity contribution >= 4 is 5.91 Å². The van der Waals surface area contributed by atoms with E-state index in [1.807, 2.05) is 13.0 Å². The third-order valence-corrected chi connectivity index (χ3v) is 6.57. The van der Waals surface area contributed by atoms with Gasteiger partial charge in [-0.1, -0.05) is 127 Å². The highest BCUT2D eigenvalue weighted by Gasteiger charge is 2.17. The summed E-state index contributed by atoms with van der Waals surface area (Å²) >= 11 is 0. The Morgan fingerprint density at radius 2 is 1.08 bits per heavy atom. The maximum absolute atomic E-state index is 11.6. The van der Waals surface area contributed by atoms with Crippen LogP contribution in [0.15, 0.2) is 36.5 Å². The molecule has 0 aliphatic heterocycles. The van der Waals surface area contributed by atoms with Crippen molar-refractivity contribution in [2.45, 2.75) is 154 Å². The van der Waals surface area contributed by atoms with E-state index in [2.05, 4.69) is 36.5 Å². The minimum atomic E-state index is -0.861. The van der Waals surface area contributed by atoms with E-state index in [-0.39, 0.29) is 12.5 Å². The van der Waals surface area contributed by atoms with E-state index < -0.39 is 12.1 Å². The number of aliphatic hydroxyl groups excluding tert-OH is 2. The Bertz CT molecular complexity index is 556. The number of carbonyl (C=O) groups excluding carboxylic acids is 1. The van der Waals surface area contributed by atoms with Crippen LogP contribution in [0.25, 0.3) is 0 Å². The van der Waals surface area contributed by atoms with Crippen molar-refractivity contribution < 1.29 is 15.0 Å². The van der Waals surface area contributed by atoms with Crippen LogP contribution >= 0.6 is 0 Å². The fourth-order valence-electron chi connectivity index (χ4n) is 4.25. The summed E-state index contributed by atoms with van der Waals surface area (Å²) in [7, 11) is 0. The molecule has 0 radical (unpaired) electrons. The van der Waals surface area contributed by atoms with E-state index >= 15 is 0 Å². The largest absolute Gasteiger partial charge is 0.394 e. The molecule has 0 aromatic carbocycles. The SMILES string of the molecule is CCCCCCCCCCCCCCC/C=C/CC/C=C/CC/C=C/C(O)C(CO)NC(=O)CCC. The Hall–Kier alpha value is -1.39. The van der Waals surface area contributed by atoms with Gasteiger partial charge in [-0.3, -0.25) is 4.79 Å². The van der Waals surface area contributed by atoms with Crippen LogP contribution in [0, 0.1) is 0 Å². The lowest BCUT2D eigenvalue weighted by Gasteiger charge is -2.19. The highest BCUT2D eigenvalue weighted by Crippen LogP contribution is 2.13. The van der Waals surface area contributed by atoms with Crippen molar-refractivity contribution in [3.63, 3.8) is 0 Å². The summed E-state index contributed by atoms with van der Waals surface area (Å²) in [4.78, 5) is 11.6. The first kappa shape index (κ1) is 34.6. The number of hydrogen-bond donors (Lipinski definition) is 3. The maximum Gasteiger partial charge on any atom is 0.220 e. The fourth-order valence-corrected chi connectivity index (χ4v) is 4.25. The van der Waals surface area contributed by atoms with Gasteiger partial charge in [-0.05, 0) is 44.9 Å². The molecule has 2 unspecified atom stereocenters. The number of aliphatic hydroxyl groups is 2. The molecule has 0 aliphatic carbocycles. The smallest absolute Gasteiger partial charge is 0.220 e. The first-order chi connectivity index (χ1) is 17.7. The van der Waals surface area contributed by atoms with Crippen LogP contribution in [0.1, 0.15) is 142 Å². The van der Waals surface area contributed by atoms with Crippen molar-refractivity contribution in [1.29, 1.82) is 0 Å². The van der Waals surface area contributed by atoms with E-state index in [4.69, 9.17) is 0 Å². The second kappa shape index (κ2) is 28.2. The van der Waals surface area contributed by atoms with E-state index in [9.17, 15) is 15.0 Å².